The first kappa shape index (κ1) is 22.0. The van der Waals surface area contributed by atoms with Gasteiger partial charge in [-0.3, -0.25) is 19.9 Å². The third kappa shape index (κ3) is 5.31. The Hall–Kier alpha value is -3.26. The number of hydrogen-bond donors (Lipinski definition) is 1. The van der Waals surface area contributed by atoms with Crippen LogP contribution in [0.1, 0.15) is 32.8 Å². The number of halogens is 1. The van der Waals surface area contributed by atoms with Crippen LogP contribution in [0.15, 0.2) is 48.0 Å². The molecular weight excluding hydrogens is 428 g/mol. The van der Waals surface area contributed by atoms with Gasteiger partial charge in [-0.05, 0) is 44.9 Å². The van der Waals surface area contributed by atoms with Crippen LogP contribution in [0.4, 0.5) is 16.2 Å². The number of aliphatic imine (C=N–C) groups is 1. The highest BCUT2D eigenvalue weighted by molar-refractivity contribution is 6.33. The fourth-order valence-corrected chi connectivity index (χ4v) is 3.86. The number of nitrogens with one attached hydrogen (secondary N) is 1. The van der Waals surface area contributed by atoms with E-state index in [0.717, 1.165) is 35.2 Å². The summed E-state index contributed by atoms with van der Waals surface area (Å²) in [5, 5.41) is 3.45. The second kappa shape index (κ2) is 9.08. The van der Waals surface area contributed by atoms with Crippen molar-refractivity contribution < 1.29 is 9.53 Å². The van der Waals surface area contributed by atoms with Crippen LogP contribution in [0, 0.1) is 0 Å². The lowest BCUT2D eigenvalue weighted by Crippen LogP contribution is -2.40. The Labute approximate surface area is 191 Å². The fourth-order valence-electron chi connectivity index (χ4n) is 3.59. The van der Waals surface area contributed by atoms with Gasteiger partial charge < -0.3 is 15.0 Å². The highest BCUT2D eigenvalue weighted by Crippen LogP contribution is 2.37. The van der Waals surface area contributed by atoms with Gasteiger partial charge in [-0.2, -0.15) is 0 Å². The molecule has 1 saturated heterocycles. The highest BCUT2D eigenvalue weighted by atomic mass is 35.5. The molecule has 9 heteroatoms. The number of anilines is 1. The first-order valence-corrected chi connectivity index (χ1v) is 10.8. The molecule has 1 aliphatic heterocycles. The molecule has 3 heterocycles. The quantitative estimate of drug-likeness (QED) is 0.584. The van der Waals surface area contributed by atoms with Gasteiger partial charge in [0.15, 0.2) is 0 Å². The van der Waals surface area contributed by atoms with E-state index in [0.29, 0.717) is 17.3 Å². The number of carbonyl (C=O) groups is 1. The highest BCUT2D eigenvalue weighted by Gasteiger charge is 2.28. The summed E-state index contributed by atoms with van der Waals surface area (Å²) in [4.78, 5) is 31.7. The van der Waals surface area contributed by atoms with E-state index in [-0.39, 0.29) is 6.04 Å². The molecule has 0 radical (unpaired) electrons. The molecule has 1 aromatic carbocycles. The van der Waals surface area contributed by atoms with E-state index < -0.39 is 11.7 Å². The van der Waals surface area contributed by atoms with E-state index >= 15 is 0 Å². The molecule has 0 saturated carbocycles. The van der Waals surface area contributed by atoms with Gasteiger partial charge in [0.2, 0.25) is 0 Å². The number of ether oxygens (including phenoxy) is 1. The molecule has 1 aliphatic rings. The van der Waals surface area contributed by atoms with Crippen molar-refractivity contribution in [2.45, 2.75) is 38.8 Å². The molecule has 1 atom stereocenters. The third-order valence-electron chi connectivity index (χ3n) is 4.92. The Kier molecular flexibility index (Phi) is 6.23. The van der Waals surface area contributed by atoms with E-state index in [9.17, 15) is 4.79 Å². The summed E-state index contributed by atoms with van der Waals surface area (Å²) in [6.45, 7) is 6.87. The number of alkyl carbamates (subject to hydrolysis) is 1. The summed E-state index contributed by atoms with van der Waals surface area (Å²) in [5.74, 6) is 0. The van der Waals surface area contributed by atoms with Crippen LogP contribution in [0.5, 0.6) is 0 Å². The van der Waals surface area contributed by atoms with E-state index in [4.69, 9.17) is 16.3 Å². The molecule has 4 rings (SSSR count). The van der Waals surface area contributed by atoms with E-state index in [1.54, 1.807) is 31.0 Å². The number of rotatable bonds is 4. The average Bonchev–Trinajstić information content (AvgIpc) is 3.18. The number of fused-ring (bicyclic) bond motifs is 1. The van der Waals surface area contributed by atoms with Gasteiger partial charge in [0, 0.05) is 37.9 Å². The zero-order chi connectivity index (χ0) is 22.7. The number of benzene rings is 1. The Morgan fingerprint density at radius 1 is 1.25 bits per heavy atom. The van der Waals surface area contributed by atoms with Gasteiger partial charge in [0.1, 0.15) is 11.3 Å². The van der Waals surface area contributed by atoms with Crippen molar-refractivity contribution in [1.29, 1.82) is 0 Å². The Morgan fingerprint density at radius 2 is 2.03 bits per heavy atom. The van der Waals surface area contributed by atoms with Gasteiger partial charge in [-0.15, -0.1) is 0 Å². The first-order valence-electron chi connectivity index (χ1n) is 10.4. The molecule has 1 N–H and O–H groups in total. The number of carbonyl (C=O) groups excluding carboxylic acids is 1. The number of aromatic nitrogens is 3. The maximum Gasteiger partial charge on any atom is 0.407 e. The molecular formula is C23H25ClN6O2. The van der Waals surface area contributed by atoms with E-state index in [1.165, 1.54) is 0 Å². The molecule has 0 aliphatic carbocycles. The van der Waals surface area contributed by atoms with Crippen LogP contribution in [0.2, 0.25) is 5.02 Å². The standard InChI is InChI=1S/C23H25ClN6O2/c1-23(2,3)32-22(31)29-16-6-9-30(14-16)21-17(24)12-25-13-20(21)28-11-15-4-5-18-19(10-15)27-8-7-26-18/h4-5,7-8,10-13,16H,6,9,14H2,1-3H3,(H,29,31)/t16-/m1/s1. The van der Waals surface area contributed by atoms with Crippen LogP contribution in [0.25, 0.3) is 11.0 Å². The van der Waals surface area contributed by atoms with Gasteiger partial charge >= 0.3 is 6.09 Å². The van der Waals surface area contributed by atoms with E-state index in [1.807, 2.05) is 39.0 Å². The van der Waals surface area contributed by atoms with Gasteiger partial charge in [0.25, 0.3) is 0 Å². The second-order valence-electron chi connectivity index (χ2n) is 8.63. The summed E-state index contributed by atoms with van der Waals surface area (Å²) in [6, 6.07) is 5.74. The van der Waals surface area contributed by atoms with Gasteiger partial charge in [0.05, 0.1) is 34.0 Å². The normalized spacial score (nSPS) is 16.6. The van der Waals surface area contributed by atoms with Crippen LogP contribution >= 0.6 is 11.6 Å². The summed E-state index contributed by atoms with van der Waals surface area (Å²) >= 11 is 6.50. The summed E-state index contributed by atoms with van der Waals surface area (Å²) in [6.07, 6.45) is 8.76. The van der Waals surface area contributed by atoms with Gasteiger partial charge in [-0.1, -0.05) is 17.7 Å². The van der Waals surface area contributed by atoms with Crippen molar-refractivity contribution in [3.8, 4) is 0 Å². The molecule has 32 heavy (non-hydrogen) atoms. The lowest BCUT2D eigenvalue weighted by atomic mass is 10.2. The monoisotopic (exact) mass is 452 g/mol. The average molecular weight is 453 g/mol. The van der Waals surface area contributed by atoms with Crippen LogP contribution in [0.3, 0.4) is 0 Å². The molecule has 1 amide bonds. The van der Waals surface area contributed by atoms with Crippen molar-refractivity contribution in [3.63, 3.8) is 0 Å². The van der Waals surface area contributed by atoms with Crippen LogP contribution < -0.4 is 10.2 Å². The van der Waals surface area contributed by atoms with Crippen LogP contribution in [-0.2, 0) is 4.74 Å². The molecule has 8 nitrogen and oxygen atoms in total. The fraction of sp³-hybridized carbons (Fsp3) is 0.348. The lowest BCUT2D eigenvalue weighted by molar-refractivity contribution is 0.0509. The Bertz CT molecular complexity index is 1160. The summed E-state index contributed by atoms with van der Waals surface area (Å²) in [5.41, 5.74) is 3.45. The predicted molar refractivity (Wildman–Crippen MR) is 126 cm³/mol. The second-order valence-corrected chi connectivity index (χ2v) is 9.04. The minimum absolute atomic E-state index is 0.0371. The summed E-state index contributed by atoms with van der Waals surface area (Å²) in [7, 11) is 0. The number of hydrogen-bond acceptors (Lipinski definition) is 7. The predicted octanol–water partition coefficient (Wildman–Crippen LogP) is 4.53. The molecule has 0 bridgehead atoms. The zero-order valence-corrected chi connectivity index (χ0v) is 19.0. The summed E-state index contributed by atoms with van der Waals surface area (Å²) < 4.78 is 5.37. The minimum atomic E-state index is -0.535. The van der Waals surface area contributed by atoms with Crippen molar-refractivity contribution in [2.24, 2.45) is 4.99 Å². The molecule has 3 aromatic rings. The maximum absolute atomic E-state index is 12.1. The SMILES string of the molecule is CC(C)(C)OC(=O)N[C@@H]1CCN(c2c(Cl)cncc2N=Cc2ccc3nccnc3c2)C1. The minimum Gasteiger partial charge on any atom is -0.444 e. The molecule has 0 unspecified atom stereocenters. The van der Waals surface area contributed by atoms with E-state index in [2.05, 4.69) is 30.2 Å². The molecule has 1 fully saturated rings. The Balaban J connectivity index is 1.50. The number of amides is 1. The number of pyridine rings is 1. The molecule has 2 aromatic heterocycles. The lowest BCUT2D eigenvalue weighted by Gasteiger charge is -2.23. The first-order chi connectivity index (χ1) is 15.3. The van der Waals surface area contributed by atoms with Crippen molar-refractivity contribution in [3.05, 3.63) is 53.6 Å². The third-order valence-corrected chi connectivity index (χ3v) is 5.20. The smallest absolute Gasteiger partial charge is 0.407 e. The maximum atomic E-state index is 12.1. The Morgan fingerprint density at radius 3 is 2.81 bits per heavy atom. The van der Waals surface area contributed by atoms with Crippen molar-refractivity contribution in [2.75, 3.05) is 18.0 Å². The van der Waals surface area contributed by atoms with Gasteiger partial charge in [-0.25, -0.2) is 4.79 Å². The zero-order valence-electron chi connectivity index (χ0n) is 18.2. The number of nitrogens with zero attached hydrogens (tertiary/aromatic N) is 5. The molecule has 0 spiro atoms. The largest absolute Gasteiger partial charge is 0.444 e. The van der Waals surface area contributed by atoms with Crippen molar-refractivity contribution in [1.82, 2.24) is 20.3 Å². The molecule has 166 valence electrons. The van der Waals surface area contributed by atoms with Crippen LogP contribution in [-0.4, -0.2) is 52.0 Å². The topological polar surface area (TPSA) is 92.6 Å². The van der Waals surface area contributed by atoms with Crippen molar-refractivity contribution >= 4 is 46.3 Å².